The molecule has 0 aliphatic heterocycles. The van der Waals surface area contributed by atoms with Gasteiger partial charge in [0.1, 0.15) is 5.75 Å². The van der Waals surface area contributed by atoms with E-state index in [2.05, 4.69) is 42.0 Å². The van der Waals surface area contributed by atoms with E-state index < -0.39 is 0 Å². The molecule has 11 nitrogen and oxygen atoms in total. The number of likely N-dealkylation sites (N-methyl/N-ethyl adjacent to an activating group) is 2. The average molecular weight is 526 g/mol. The van der Waals surface area contributed by atoms with Crippen LogP contribution in [0.25, 0.3) is 21.6 Å². The van der Waals surface area contributed by atoms with Crippen molar-refractivity contribution >= 4 is 45.5 Å². The minimum Gasteiger partial charge on any atom is -0.494 e. The smallest absolute Gasteiger partial charge is 0.247 e. The van der Waals surface area contributed by atoms with Crippen LogP contribution in [0.4, 0.5) is 28.7 Å². The fourth-order valence-corrected chi connectivity index (χ4v) is 4.06. The highest BCUT2D eigenvalue weighted by Gasteiger charge is 2.17. The molecule has 0 fully saturated rings. The van der Waals surface area contributed by atoms with Gasteiger partial charge in [-0.25, -0.2) is 14.5 Å². The Kier molecular flexibility index (Phi) is 8.07. The molecule has 200 valence electrons. The van der Waals surface area contributed by atoms with Crippen LogP contribution in [0, 0.1) is 13.5 Å². The zero-order chi connectivity index (χ0) is 28.1. The number of fused-ring (bicyclic) bond motifs is 1. The highest BCUT2D eigenvalue weighted by Crippen LogP contribution is 2.38. The van der Waals surface area contributed by atoms with Crippen molar-refractivity contribution < 1.29 is 9.53 Å². The molecule has 0 saturated heterocycles. The molecule has 0 aliphatic carbocycles. The third-order valence-corrected chi connectivity index (χ3v) is 6.14. The first kappa shape index (κ1) is 27.1. The van der Waals surface area contributed by atoms with Gasteiger partial charge >= 0.3 is 0 Å². The zero-order valence-electron chi connectivity index (χ0n) is 22.7. The van der Waals surface area contributed by atoms with Gasteiger partial charge in [-0.15, -0.1) is 0 Å². The molecule has 2 N–H and O–H groups in total. The van der Waals surface area contributed by atoms with Crippen molar-refractivity contribution in [2.24, 2.45) is 0 Å². The van der Waals surface area contributed by atoms with E-state index in [0.29, 0.717) is 34.6 Å². The van der Waals surface area contributed by atoms with E-state index in [0.717, 1.165) is 35.4 Å². The molecule has 11 heteroatoms. The van der Waals surface area contributed by atoms with Crippen LogP contribution in [0.5, 0.6) is 5.75 Å². The standard InChI is InChI=1S/C28H31N9O2/c1-8-27(38)31-21-16-22(25(39-7)17-24(21)36(6)14-13-35(4)5)32-28-30-12-11-26(33-28)37-23-15-19(29-3)9-10-20(23)18(2)34-37/h8-12,15-17H,1,13-14H2,2,4-7H3,(H,31,38)(H,30,32,33). The predicted octanol–water partition coefficient (Wildman–Crippen LogP) is 4.55. The number of amides is 1. The molecule has 0 unspecified atom stereocenters. The van der Waals surface area contributed by atoms with Crippen molar-refractivity contribution in [1.29, 1.82) is 0 Å². The van der Waals surface area contributed by atoms with E-state index in [4.69, 9.17) is 11.3 Å². The first-order valence-electron chi connectivity index (χ1n) is 12.2. The van der Waals surface area contributed by atoms with Gasteiger partial charge in [-0.3, -0.25) is 4.79 Å². The number of nitrogens with one attached hydrogen (secondary N) is 2. The minimum absolute atomic E-state index is 0.308. The highest BCUT2D eigenvalue weighted by molar-refractivity contribution is 6.02. The number of carbonyl (C=O) groups is 1. The third-order valence-electron chi connectivity index (χ3n) is 6.14. The summed E-state index contributed by atoms with van der Waals surface area (Å²) in [5, 5.41) is 11.7. The van der Waals surface area contributed by atoms with E-state index in [1.807, 2.05) is 45.1 Å². The molecule has 0 aliphatic rings. The maximum Gasteiger partial charge on any atom is 0.247 e. The highest BCUT2D eigenvalue weighted by atomic mass is 16.5. The lowest BCUT2D eigenvalue weighted by Gasteiger charge is -2.26. The summed E-state index contributed by atoms with van der Waals surface area (Å²) in [6.07, 6.45) is 2.85. The fourth-order valence-electron chi connectivity index (χ4n) is 4.06. The molecule has 0 bridgehead atoms. The van der Waals surface area contributed by atoms with Crippen LogP contribution >= 0.6 is 0 Å². The van der Waals surface area contributed by atoms with Gasteiger partial charge in [-0.2, -0.15) is 10.1 Å². The molecule has 0 atom stereocenters. The summed E-state index contributed by atoms with van der Waals surface area (Å²) in [6, 6.07) is 10.9. The topological polar surface area (TPSA) is 105 Å². The van der Waals surface area contributed by atoms with E-state index in [-0.39, 0.29) is 5.91 Å². The third kappa shape index (κ3) is 5.97. The van der Waals surface area contributed by atoms with Crippen molar-refractivity contribution in [2.45, 2.75) is 6.92 Å². The van der Waals surface area contributed by atoms with E-state index >= 15 is 0 Å². The molecule has 39 heavy (non-hydrogen) atoms. The van der Waals surface area contributed by atoms with Crippen LogP contribution in [0.3, 0.4) is 0 Å². The van der Waals surface area contributed by atoms with Crippen molar-refractivity contribution in [2.75, 3.05) is 56.9 Å². The van der Waals surface area contributed by atoms with E-state index in [1.54, 1.807) is 42.3 Å². The summed E-state index contributed by atoms with van der Waals surface area (Å²) in [7, 11) is 7.55. The Hall–Kier alpha value is -4.95. The van der Waals surface area contributed by atoms with Crippen molar-refractivity contribution in [3.05, 3.63) is 72.4 Å². The average Bonchev–Trinajstić information content (AvgIpc) is 3.27. The second-order valence-electron chi connectivity index (χ2n) is 9.16. The van der Waals surface area contributed by atoms with Gasteiger partial charge in [0.15, 0.2) is 11.5 Å². The molecule has 2 aromatic heterocycles. The number of ether oxygens (including phenoxy) is 1. The predicted molar refractivity (Wildman–Crippen MR) is 155 cm³/mol. The molecular formula is C28H31N9O2. The van der Waals surface area contributed by atoms with Crippen molar-refractivity contribution in [1.82, 2.24) is 24.6 Å². The minimum atomic E-state index is -0.327. The number of aromatic nitrogens is 4. The second kappa shape index (κ2) is 11.6. The van der Waals surface area contributed by atoms with Crippen molar-refractivity contribution in [3.63, 3.8) is 0 Å². The number of nitrogens with zero attached hydrogens (tertiary/aromatic N) is 7. The van der Waals surface area contributed by atoms with E-state index in [1.165, 1.54) is 6.08 Å². The normalized spacial score (nSPS) is 10.8. The summed E-state index contributed by atoms with van der Waals surface area (Å²) < 4.78 is 7.38. The van der Waals surface area contributed by atoms with Crippen LogP contribution in [0.15, 0.2) is 55.3 Å². The number of rotatable bonds is 10. The largest absolute Gasteiger partial charge is 0.494 e. The molecule has 2 heterocycles. The summed E-state index contributed by atoms with van der Waals surface area (Å²) in [5.74, 6) is 1.07. The quantitative estimate of drug-likeness (QED) is 0.230. The van der Waals surface area contributed by atoms with Gasteiger partial charge in [-0.05, 0) is 39.2 Å². The molecule has 0 radical (unpaired) electrons. The van der Waals surface area contributed by atoms with Crippen LogP contribution in [-0.4, -0.2) is 71.9 Å². The van der Waals surface area contributed by atoms with Gasteiger partial charge in [0.25, 0.3) is 0 Å². The Morgan fingerprint density at radius 1 is 1.18 bits per heavy atom. The second-order valence-corrected chi connectivity index (χ2v) is 9.16. The molecule has 0 saturated carbocycles. The summed E-state index contributed by atoms with van der Waals surface area (Å²) >= 11 is 0. The SMILES string of the molecule is [C-]#[N+]c1ccc2c(C)nn(-c3ccnc(Nc4cc(NC(=O)C=C)c(N(C)CCN(C)C)cc4OC)n3)c2c1. The Morgan fingerprint density at radius 2 is 1.97 bits per heavy atom. The number of hydrogen-bond donors (Lipinski definition) is 2. The van der Waals surface area contributed by atoms with Crippen molar-refractivity contribution in [3.8, 4) is 11.6 Å². The molecule has 0 spiro atoms. The molecule has 1 amide bonds. The number of anilines is 4. The lowest BCUT2D eigenvalue weighted by Crippen LogP contribution is -2.29. The zero-order valence-corrected chi connectivity index (χ0v) is 22.7. The van der Waals surface area contributed by atoms with Gasteiger partial charge in [-0.1, -0.05) is 18.7 Å². The van der Waals surface area contributed by atoms with Crippen LogP contribution in [0.1, 0.15) is 5.69 Å². The Bertz CT molecular complexity index is 1570. The number of benzene rings is 2. The first-order valence-corrected chi connectivity index (χ1v) is 12.2. The molecule has 4 rings (SSSR count). The lowest BCUT2D eigenvalue weighted by atomic mass is 10.2. The Morgan fingerprint density at radius 3 is 2.67 bits per heavy atom. The number of hydrogen-bond acceptors (Lipinski definition) is 8. The summed E-state index contributed by atoms with van der Waals surface area (Å²) in [5.41, 5.74) is 4.07. The maximum absolute atomic E-state index is 12.2. The van der Waals surface area contributed by atoms with Crippen LogP contribution in [-0.2, 0) is 4.79 Å². The molecule has 2 aromatic carbocycles. The Balaban J connectivity index is 1.73. The van der Waals surface area contributed by atoms with Gasteiger partial charge in [0.2, 0.25) is 11.9 Å². The van der Waals surface area contributed by atoms with Crippen LogP contribution in [0.2, 0.25) is 0 Å². The maximum atomic E-state index is 12.2. The first-order chi connectivity index (χ1) is 18.7. The molecule has 4 aromatic rings. The monoisotopic (exact) mass is 525 g/mol. The summed E-state index contributed by atoms with van der Waals surface area (Å²) in [4.78, 5) is 29.0. The molecular weight excluding hydrogens is 494 g/mol. The van der Waals surface area contributed by atoms with Gasteiger partial charge < -0.3 is 25.2 Å². The fraction of sp³-hybridized carbons (Fsp3) is 0.250. The van der Waals surface area contributed by atoms with Gasteiger partial charge in [0, 0.05) is 43.9 Å². The van der Waals surface area contributed by atoms with Crippen LogP contribution < -0.4 is 20.3 Å². The number of aryl methyl sites for hydroxylation is 1. The lowest BCUT2D eigenvalue weighted by molar-refractivity contribution is -0.111. The summed E-state index contributed by atoms with van der Waals surface area (Å²) in [6.45, 7) is 14.4. The Labute approximate surface area is 227 Å². The van der Waals surface area contributed by atoms with Gasteiger partial charge in [0.05, 0.1) is 42.0 Å². The number of methoxy groups -OCH3 is 1. The van der Waals surface area contributed by atoms with E-state index in [9.17, 15) is 4.79 Å². The number of carbonyl (C=O) groups excluding carboxylic acids is 1.